The number of hydrogen-bond acceptors (Lipinski definition) is 3. The van der Waals surface area contributed by atoms with Crippen LogP contribution in [0, 0.1) is 5.41 Å². The predicted octanol–water partition coefficient (Wildman–Crippen LogP) is 2.11. The van der Waals surface area contributed by atoms with Crippen molar-refractivity contribution in [3.05, 3.63) is 24.3 Å². The van der Waals surface area contributed by atoms with Gasteiger partial charge in [0.05, 0.1) is 12.9 Å². The molecule has 0 aliphatic carbocycles. The van der Waals surface area contributed by atoms with Crippen molar-refractivity contribution >= 4 is 17.6 Å². The first-order valence-electron chi connectivity index (χ1n) is 4.32. The summed E-state index contributed by atoms with van der Waals surface area (Å²) in [6.07, 6.45) is 0.636. The Bertz CT molecular complexity index is 297. The minimum atomic E-state index is 0.242. The normalized spacial score (nSPS) is 9.79. The second kappa shape index (κ2) is 5.54. The number of methoxy groups -OCH3 is 1. The summed E-state index contributed by atoms with van der Waals surface area (Å²) in [6.45, 7) is 0. The average molecular weight is 210 g/mol. The molecule has 1 aromatic carbocycles. The van der Waals surface area contributed by atoms with E-state index in [0.29, 0.717) is 6.42 Å². The third-order valence-electron chi connectivity index (χ3n) is 1.70. The van der Waals surface area contributed by atoms with Crippen LogP contribution >= 0.6 is 11.8 Å². The third-order valence-corrected chi connectivity index (χ3v) is 2.71. The molecule has 0 saturated carbocycles. The van der Waals surface area contributed by atoms with E-state index in [4.69, 9.17) is 15.9 Å². The molecule has 0 radical (unpaired) electrons. The van der Waals surface area contributed by atoms with Gasteiger partial charge in [0.15, 0.2) is 0 Å². The summed E-state index contributed by atoms with van der Waals surface area (Å²) >= 11 is 1.69. The molecule has 0 spiro atoms. The van der Waals surface area contributed by atoms with Crippen molar-refractivity contribution in [2.24, 2.45) is 5.73 Å². The van der Waals surface area contributed by atoms with Gasteiger partial charge >= 0.3 is 0 Å². The smallest absolute Gasteiger partial charge is 0.118 e. The molecule has 0 aliphatic heterocycles. The number of thioether (sulfide) groups is 1. The van der Waals surface area contributed by atoms with Crippen LogP contribution in [0.4, 0.5) is 0 Å². The van der Waals surface area contributed by atoms with Gasteiger partial charge in [-0.2, -0.15) is 0 Å². The molecule has 0 saturated heterocycles. The van der Waals surface area contributed by atoms with E-state index in [1.807, 2.05) is 24.3 Å². The molecule has 76 valence electrons. The van der Waals surface area contributed by atoms with Gasteiger partial charge in [0, 0.05) is 17.1 Å². The molecular weight excluding hydrogens is 196 g/mol. The molecule has 1 rings (SSSR count). The van der Waals surface area contributed by atoms with E-state index < -0.39 is 0 Å². The van der Waals surface area contributed by atoms with Crippen LogP contribution in [-0.2, 0) is 0 Å². The highest BCUT2D eigenvalue weighted by atomic mass is 32.2. The highest BCUT2D eigenvalue weighted by molar-refractivity contribution is 7.99. The number of rotatable bonds is 5. The van der Waals surface area contributed by atoms with Crippen molar-refractivity contribution < 1.29 is 4.74 Å². The minimum absolute atomic E-state index is 0.242. The van der Waals surface area contributed by atoms with Crippen LogP contribution in [0.2, 0.25) is 0 Å². The lowest BCUT2D eigenvalue weighted by atomic mass is 10.3. The highest BCUT2D eigenvalue weighted by Gasteiger charge is 1.96. The van der Waals surface area contributed by atoms with E-state index in [-0.39, 0.29) is 5.84 Å². The van der Waals surface area contributed by atoms with Crippen molar-refractivity contribution in [1.82, 2.24) is 0 Å². The Morgan fingerprint density at radius 2 is 2.07 bits per heavy atom. The monoisotopic (exact) mass is 210 g/mol. The lowest BCUT2D eigenvalue weighted by Crippen LogP contribution is -2.09. The Labute approximate surface area is 88.2 Å². The van der Waals surface area contributed by atoms with E-state index in [1.165, 1.54) is 4.90 Å². The number of benzene rings is 1. The summed E-state index contributed by atoms with van der Waals surface area (Å²) in [6, 6.07) is 7.86. The number of ether oxygens (including phenoxy) is 1. The zero-order chi connectivity index (χ0) is 10.4. The molecule has 0 aliphatic rings. The fourth-order valence-electron chi connectivity index (χ4n) is 0.951. The molecule has 0 aromatic heterocycles. The second-order valence-electron chi connectivity index (χ2n) is 2.80. The number of nitrogens with two attached hydrogens (primary N) is 1. The minimum Gasteiger partial charge on any atom is -0.497 e. The number of amidine groups is 1. The van der Waals surface area contributed by atoms with Crippen molar-refractivity contribution in [1.29, 1.82) is 5.41 Å². The van der Waals surface area contributed by atoms with Crippen molar-refractivity contribution in [3.8, 4) is 5.75 Å². The van der Waals surface area contributed by atoms with Gasteiger partial charge < -0.3 is 10.5 Å². The number of nitrogens with one attached hydrogen (secondary N) is 1. The Morgan fingerprint density at radius 1 is 1.43 bits per heavy atom. The maximum atomic E-state index is 7.07. The van der Waals surface area contributed by atoms with Crippen LogP contribution in [0.15, 0.2) is 29.2 Å². The van der Waals surface area contributed by atoms with Crippen molar-refractivity contribution in [2.75, 3.05) is 12.9 Å². The van der Waals surface area contributed by atoms with Crippen LogP contribution in [0.1, 0.15) is 6.42 Å². The molecule has 0 unspecified atom stereocenters. The van der Waals surface area contributed by atoms with Crippen LogP contribution < -0.4 is 10.5 Å². The molecule has 0 amide bonds. The van der Waals surface area contributed by atoms with Gasteiger partial charge in [-0.25, -0.2) is 0 Å². The lowest BCUT2D eigenvalue weighted by Gasteiger charge is -2.02. The zero-order valence-electron chi connectivity index (χ0n) is 8.12. The topological polar surface area (TPSA) is 59.1 Å². The first-order valence-corrected chi connectivity index (χ1v) is 5.30. The molecule has 0 bridgehead atoms. The molecule has 0 atom stereocenters. The molecule has 3 N–H and O–H groups in total. The SMILES string of the molecule is COc1ccc(SCCC(=N)N)cc1. The fourth-order valence-corrected chi connectivity index (χ4v) is 1.84. The summed E-state index contributed by atoms with van der Waals surface area (Å²) in [4.78, 5) is 1.17. The Hall–Kier alpha value is -1.16. The first kappa shape index (κ1) is 10.9. The molecular formula is C10H14N2OS. The van der Waals surface area contributed by atoms with Gasteiger partial charge in [-0.15, -0.1) is 11.8 Å². The van der Waals surface area contributed by atoms with Gasteiger partial charge in [-0.05, 0) is 24.3 Å². The lowest BCUT2D eigenvalue weighted by molar-refractivity contribution is 0.414. The fraction of sp³-hybridized carbons (Fsp3) is 0.300. The van der Waals surface area contributed by atoms with E-state index in [0.717, 1.165) is 11.5 Å². The molecule has 3 nitrogen and oxygen atoms in total. The van der Waals surface area contributed by atoms with Crippen molar-refractivity contribution in [3.63, 3.8) is 0 Å². The summed E-state index contributed by atoms with van der Waals surface area (Å²) < 4.78 is 5.05. The molecule has 1 aromatic rings. The maximum Gasteiger partial charge on any atom is 0.118 e. The third kappa shape index (κ3) is 3.70. The Morgan fingerprint density at radius 3 is 2.57 bits per heavy atom. The summed E-state index contributed by atoms with van der Waals surface area (Å²) in [7, 11) is 1.65. The van der Waals surface area contributed by atoms with Gasteiger partial charge in [-0.1, -0.05) is 0 Å². The molecule has 0 fully saturated rings. The predicted molar refractivity (Wildman–Crippen MR) is 60.2 cm³/mol. The Kier molecular flexibility index (Phi) is 4.32. The average Bonchev–Trinajstić information content (AvgIpc) is 2.18. The maximum absolute atomic E-state index is 7.07. The van der Waals surface area contributed by atoms with Crippen LogP contribution in [0.25, 0.3) is 0 Å². The van der Waals surface area contributed by atoms with Gasteiger partial charge in [0.25, 0.3) is 0 Å². The second-order valence-corrected chi connectivity index (χ2v) is 3.97. The molecule has 14 heavy (non-hydrogen) atoms. The van der Waals surface area contributed by atoms with E-state index >= 15 is 0 Å². The highest BCUT2D eigenvalue weighted by Crippen LogP contribution is 2.21. The van der Waals surface area contributed by atoms with Crippen LogP contribution in [0.5, 0.6) is 5.75 Å². The number of hydrogen-bond donors (Lipinski definition) is 2. The largest absolute Gasteiger partial charge is 0.497 e. The van der Waals surface area contributed by atoms with Crippen LogP contribution in [-0.4, -0.2) is 18.7 Å². The van der Waals surface area contributed by atoms with Gasteiger partial charge in [0.2, 0.25) is 0 Å². The van der Waals surface area contributed by atoms with Gasteiger partial charge in [-0.3, -0.25) is 5.41 Å². The van der Waals surface area contributed by atoms with Crippen LogP contribution in [0.3, 0.4) is 0 Å². The Balaban J connectivity index is 2.40. The van der Waals surface area contributed by atoms with E-state index in [9.17, 15) is 0 Å². The standard InChI is InChI=1S/C10H14N2OS/c1-13-8-2-4-9(5-3-8)14-7-6-10(11)12/h2-5H,6-7H2,1H3,(H3,11,12). The molecule has 0 heterocycles. The summed E-state index contributed by atoms with van der Waals surface area (Å²) in [5.41, 5.74) is 5.25. The zero-order valence-corrected chi connectivity index (χ0v) is 8.93. The summed E-state index contributed by atoms with van der Waals surface area (Å²) in [5, 5.41) is 7.07. The van der Waals surface area contributed by atoms with E-state index in [2.05, 4.69) is 0 Å². The van der Waals surface area contributed by atoms with Crippen molar-refractivity contribution in [2.45, 2.75) is 11.3 Å². The van der Waals surface area contributed by atoms with Gasteiger partial charge in [0.1, 0.15) is 5.75 Å². The quantitative estimate of drug-likeness (QED) is 0.444. The first-order chi connectivity index (χ1) is 6.72. The summed E-state index contributed by atoms with van der Waals surface area (Å²) in [5.74, 6) is 1.95. The van der Waals surface area contributed by atoms with E-state index in [1.54, 1.807) is 18.9 Å². The molecule has 4 heteroatoms.